The standard InChI is InChI=1S/C26H24Cl2N6S/c1-26(2,3)24-23(33-15-29-14-30-33)22(19-12-11-17(27)13-20(19)28)34(32-24)25(35)31-21-10-6-8-16-7-4-5-9-18(16)21/h4-15,22-23H,1-3H3,(H,31,35). The molecule has 9 heteroatoms. The lowest BCUT2D eigenvalue weighted by Crippen LogP contribution is -2.36. The van der Waals surface area contributed by atoms with E-state index in [9.17, 15) is 0 Å². The van der Waals surface area contributed by atoms with Gasteiger partial charge < -0.3 is 5.32 Å². The zero-order chi connectivity index (χ0) is 24.7. The van der Waals surface area contributed by atoms with Crippen LogP contribution >= 0.6 is 35.4 Å². The largest absolute Gasteiger partial charge is 0.331 e. The Morgan fingerprint density at radius 3 is 2.49 bits per heavy atom. The first-order chi connectivity index (χ1) is 16.7. The van der Waals surface area contributed by atoms with E-state index in [4.69, 9.17) is 40.5 Å². The van der Waals surface area contributed by atoms with Crippen molar-refractivity contribution in [1.82, 2.24) is 19.8 Å². The Kier molecular flexibility index (Phi) is 6.25. The molecule has 2 atom stereocenters. The number of aromatic nitrogens is 3. The number of thiocarbonyl (C=S) groups is 1. The van der Waals surface area contributed by atoms with Gasteiger partial charge in [0.05, 0.1) is 5.71 Å². The number of hydrogen-bond donors (Lipinski definition) is 1. The average molecular weight is 523 g/mol. The Labute approximate surface area is 219 Å². The summed E-state index contributed by atoms with van der Waals surface area (Å²) in [6, 6.07) is 19.1. The van der Waals surface area contributed by atoms with E-state index in [-0.39, 0.29) is 17.5 Å². The van der Waals surface area contributed by atoms with Crippen molar-refractivity contribution in [2.45, 2.75) is 32.9 Å². The third-order valence-electron chi connectivity index (χ3n) is 6.07. The van der Waals surface area contributed by atoms with Crippen molar-refractivity contribution in [2.75, 3.05) is 5.32 Å². The maximum atomic E-state index is 6.74. The highest BCUT2D eigenvalue weighted by atomic mass is 35.5. The smallest absolute Gasteiger partial charge is 0.194 e. The molecule has 178 valence electrons. The lowest BCUT2D eigenvalue weighted by Gasteiger charge is -2.31. The van der Waals surface area contributed by atoms with Gasteiger partial charge in [-0.2, -0.15) is 10.2 Å². The maximum Gasteiger partial charge on any atom is 0.194 e. The van der Waals surface area contributed by atoms with Gasteiger partial charge in [0.25, 0.3) is 0 Å². The van der Waals surface area contributed by atoms with Gasteiger partial charge in [-0.3, -0.25) is 0 Å². The van der Waals surface area contributed by atoms with Crippen LogP contribution in [0.2, 0.25) is 10.0 Å². The third-order valence-corrected chi connectivity index (χ3v) is 6.92. The van der Waals surface area contributed by atoms with Gasteiger partial charge in [0.2, 0.25) is 0 Å². The maximum absolute atomic E-state index is 6.74. The molecule has 4 aromatic rings. The molecule has 1 aromatic heterocycles. The van der Waals surface area contributed by atoms with Crippen molar-refractivity contribution in [3.8, 4) is 0 Å². The number of hydrogen-bond acceptors (Lipinski definition) is 4. The molecule has 35 heavy (non-hydrogen) atoms. The van der Waals surface area contributed by atoms with Crippen LogP contribution in [-0.2, 0) is 0 Å². The lowest BCUT2D eigenvalue weighted by atomic mass is 9.82. The van der Waals surface area contributed by atoms with Crippen molar-refractivity contribution >= 4 is 62.7 Å². The molecule has 0 bridgehead atoms. The van der Waals surface area contributed by atoms with Crippen LogP contribution in [0.15, 0.2) is 78.4 Å². The van der Waals surface area contributed by atoms with E-state index in [0.29, 0.717) is 15.2 Å². The summed E-state index contributed by atoms with van der Waals surface area (Å²) in [7, 11) is 0. The molecule has 0 aliphatic carbocycles. The molecule has 0 amide bonds. The molecule has 2 heterocycles. The van der Waals surface area contributed by atoms with Gasteiger partial charge in [0.15, 0.2) is 5.11 Å². The van der Waals surface area contributed by atoms with Gasteiger partial charge in [-0.05, 0) is 41.4 Å². The van der Waals surface area contributed by atoms with Gasteiger partial charge in [-0.1, -0.05) is 86.4 Å². The predicted octanol–water partition coefficient (Wildman–Crippen LogP) is 7.14. The lowest BCUT2D eigenvalue weighted by molar-refractivity contribution is 0.306. The monoisotopic (exact) mass is 522 g/mol. The van der Waals surface area contributed by atoms with Crippen LogP contribution in [0, 0.1) is 5.41 Å². The van der Waals surface area contributed by atoms with E-state index >= 15 is 0 Å². The molecule has 5 rings (SSSR count). The van der Waals surface area contributed by atoms with Crippen molar-refractivity contribution in [1.29, 1.82) is 0 Å². The van der Waals surface area contributed by atoms with Crippen molar-refractivity contribution in [2.24, 2.45) is 10.5 Å². The minimum atomic E-state index is -0.356. The molecule has 0 saturated carbocycles. The number of hydrazone groups is 1. The highest BCUT2D eigenvalue weighted by Gasteiger charge is 2.46. The molecule has 1 aliphatic rings. The Morgan fingerprint density at radius 2 is 1.77 bits per heavy atom. The summed E-state index contributed by atoms with van der Waals surface area (Å²) in [4.78, 5) is 4.20. The molecule has 3 aromatic carbocycles. The predicted molar refractivity (Wildman–Crippen MR) is 147 cm³/mol. The van der Waals surface area contributed by atoms with E-state index in [1.54, 1.807) is 12.4 Å². The van der Waals surface area contributed by atoms with E-state index in [2.05, 4.69) is 54.4 Å². The minimum absolute atomic E-state index is 0.266. The summed E-state index contributed by atoms with van der Waals surface area (Å²) in [6.45, 7) is 6.38. The third kappa shape index (κ3) is 4.51. The summed E-state index contributed by atoms with van der Waals surface area (Å²) in [5.74, 6) is 0. The first kappa shape index (κ1) is 23.7. The molecule has 0 spiro atoms. The summed E-state index contributed by atoms with van der Waals surface area (Å²) in [5, 5.41) is 18.6. The zero-order valence-electron chi connectivity index (χ0n) is 19.5. The van der Waals surface area contributed by atoms with Crippen molar-refractivity contribution < 1.29 is 0 Å². The number of benzene rings is 3. The number of nitrogens with zero attached hydrogens (tertiary/aromatic N) is 5. The molecule has 0 radical (unpaired) electrons. The van der Waals surface area contributed by atoms with Crippen LogP contribution in [0.4, 0.5) is 5.69 Å². The van der Waals surface area contributed by atoms with Crippen LogP contribution in [0.5, 0.6) is 0 Å². The van der Waals surface area contributed by atoms with Gasteiger partial charge in [0.1, 0.15) is 24.7 Å². The second-order valence-electron chi connectivity index (χ2n) is 9.47. The number of halogens is 2. The fourth-order valence-electron chi connectivity index (χ4n) is 4.47. The van der Waals surface area contributed by atoms with Gasteiger partial charge in [0, 0.05) is 26.5 Å². The number of fused-ring (bicyclic) bond motifs is 1. The topological polar surface area (TPSA) is 58.3 Å². The highest BCUT2D eigenvalue weighted by Crippen LogP contribution is 2.46. The Balaban J connectivity index is 1.62. The molecule has 1 N–H and O–H groups in total. The molecule has 6 nitrogen and oxygen atoms in total. The number of anilines is 1. The Bertz CT molecular complexity index is 1420. The van der Waals surface area contributed by atoms with Crippen LogP contribution < -0.4 is 5.32 Å². The number of nitrogens with one attached hydrogen (secondary N) is 1. The average Bonchev–Trinajstić information content (AvgIpc) is 3.47. The number of rotatable bonds is 3. The fourth-order valence-corrected chi connectivity index (χ4v) is 5.25. The molecule has 2 unspecified atom stereocenters. The van der Waals surface area contributed by atoms with Crippen LogP contribution in [-0.4, -0.2) is 30.6 Å². The van der Waals surface area contributed by atoms with E-state index in [0.717, 1.165) is 27.7 Å². The van der Waals surface area contributed by atoms with Crippen LogP contribution in [0.25, 0.3) is 10.8 Å². The van der Waals surface area contributed by atoms with Gasteiger partial charge >= 0.3 is 0 Å². The molecule has 0 saturated heterocycles. The van der Waals surface area contributed by atoms with Crippen LogP contribution in [0.1, 0.15) is 38.4 Å². The fraction of sp³-hybridized carbons (Fsp3) is 0.231. The molecule has 0 fully saturated rings. The van der Waals surface area contributed by atoms with Crippen molar-refractivity contribution in [3.63, 3.8) is 0 Å². The normalized spacial score (nSPS) is 18.1. The highest BCUT2D eigenvalue weighted by molar-refractivity contribution is 7.80. The summed E-state index contributed by atoms with van der Waals surface area (Å²) < 4.78 is 1.82. The summed E-state index contributed by atoms with van der Waals surface area (Å²) in [6.07, 6.45) is 3.23. The summed E-state index contributed by atoms with van der Waals surface area (Å²) >= 11 is 18.9. The molecule has 1 aliphatic heterocycles. The Morgan fingerprint density at radius 1 is 1.00 bits per heavy atom. The van der Waals surface area contributed by atoms with Gasteiger partial charge in [-0.25, -0.2) is 14.7 Å². The van der Waals surface area contributed by atoms with Crippen LogP contribution in [0.3, 0.4) is 0 Å². The minimum Gasteiger partial charge on any atom is -0.331 e. The second-order valence-corrected chi connectivity index (χ2v) is 10.7. The molecular weight excluding hydrogens is 499 g/mol. The summed E-state index contributed by atoms with van der Waals surface area (Å²) in [5.41, 5.74) is 2.41. The van der Waals surface area contributed by atoms with E-state index in [1.165, 1.54) is 6.33 Å². The quantitative estimate of drug-likeness (QED) is 0.290. The Hall–Kier alpha value is -3.00. The SMILES string of the molecule is CC(C)(C)C1=NN(C(=S)Nc2cccc3ccccc23)C(c2ccc(Cl)cc2Cl)C1n1cncn1. The van der Waals surface area contributed by atoms with Crippen molar-refractivity contribution in [3.05, 3.63) is 88.9 Å². The molecular formula is C26H24Cl2N6S. The first-order valence-electron chi connectivity index (χ1n) is 11.2. The zero-order valence-corrected chi connectivity index (χ0v) is 21.8. The van der Waals surface area contributed by atoms with E-state index < -0.39 is 0 Å². The van der Waals surface area contributed by atoms with Gasteiger partial charge in [-0.15, -0.1) is 0 Å². The first-order valence-corrected chi connectivity index (χ1v) is 12.4. The van der Waals surface area contributed by atoms with E-state index in [1.807, 2.05) is 46.1 Å². The second kappa shape index (κ2) is 9.22.